The van der Waals surface area contributed by atoms with Crippen LogP contribution in [0.4, 0.5) is 0 Å². The maximum atomic E-state index is 11.9. The van der Waals surface area contributed by atoms with E-state index in [0.717, 1.165) is 56.9 Å². The van der Waals surface area contributed by atoms with Gasteiger partial charge in [-0.1, -0.05) is 143 Å². The Hall–Kier alpha value is -0.889. The molecule has 0 bridgehead atoms. The van der Waals surface area contributed by atoms with Gasteiger partial charge in [-0.25, -0.2) is 0 Å². The van der Waals surface area contributed by atoms with Crippen LogP contribution < -0.4 is 355 Å². The van der Waals surface area contributed by atoms with E-state index >= 15 is 0 Å². The van der Waals surface area contributed by atoms with Crippen molar-refractivity contribution in [1.29, 1.82) is 0 Å². The summed E-state index contributed by atoms with van der Waals surface area (Å²) in [7, 11) is 19.7. The average molecular weight is 2850 g/mol. The minimum absolute atomic E-state index is 0. The molecule has 148 heavy (non-hydrogen) atoms. The van der Waals surface area contributed by atoms with Crippen LogP contribution in [-0.4, -0.2) is 331 Å². The molecule has 0 saturated carbocycles. The van der Waals surface area contributed by atoms with Crippen LogP contribution in [0.25, 0.3) is 0 Å². The number of hydrogen-bond acceptors (Lipinski definition) is 36. The predicted molar refractivity (Wildman–Crippen MR) is 490 cm³/mol. The number of aliphatic imine (C=N–C) groups is 8. The number of hydrogen-bond donors (Lipinski definition) is 12. The van der Waals surface area contributed by atoms with Crippen molar-refractivity contribution in [3.8, 4) is 92.0 Å². The van der Waals surface area contributed by atoms with E-state index in [9.17, 15) is 40.9 Å². The Kier molecular flexibility index (Phi) is 238. The summed E-state index contributed by atoms with van der Waals surface area (Å²) in [4.78, 5) is 33.9. The van der Waals surface area contributed by atoms with Crippen LogP contribution in [-0.2, 0) is 0 Å². The molecule has 0 aliphatic rings. The normalized spacial score (nSPS) is 8.59. The SMILES string of the molecule is CO.CO.CO.CO.CO.CO.CO.CO.COc1cccc(C=NCCNCCN=Cc2cccc(OC)c2[O-])c1[O-].COc1cccc(C=NCCNCCN=Cc2cccc(OC)c2[O-])c1[O-].COc1cccc(C=NCCNCCN=Cc2cccc(OC)c2[O-])c1[O-].COc1cccc(C=NCCNCCN=Cc2cccc(OC)c2[O-])c1[O-].O.O.O.O.[Cl-].[Cl-].[Cl-].[Cl-].[Dy+3].[Dy+3].[Dy+3].[Dy+3].[F-].[F-].[F-].[F-].[F-].[F-].[Na+].[Na+].[Na+].[Na+].[Na+].[Na+]. The van der Waals surface area contributed by atoms with Crippen molar-refractivity contribution in [2.75, 3.05) is 218 Å². The van der Waals surface area contributed by atoms with Crippen LogP contribution in [0.15, 0.2) is 186 Å². The van der Waals surface area contributed by atoms with Gasteiger partial charge in [0.2, 0.25) is 0 Å². The minimum Gasteiger partial charge on any atom is -1.00 e. The number of para-hydroxylation sites is 8. The van der Waals surface area contributed by atoms with Crippen LogP contribution in [0.3, 0.4) is 0 Å². The first-order chi connectivity index (χ1) is 60.7. The van der Waals surface area contributed by atoms with E-state index in [-0.39, 0.29) is 476 Å². The molecule has 8 aromatic rings. The Morgan fingerprint density at radius 1 is 0.196 bits per heavy atom. The molecule has 40 nitrogen and oxygen atoms in total. The van der Waals surface area contributed by atoms with Gasteiger partial charge in [-0.15, -0.1) is 0 Å². The fraction of sp³-hybridized carbons (Fsp3) is 0.364. The molecule has 0 spiro atoms. The molecular formula is C88H132Cl4Dy4F6N12Na6O28. The van der Waals surface area contributed by atoms with E-state index < -0.39 is 0 Å². The Bertz CT molecular complexity index is 3590. The summed E-state index contributed by atoms with van der Waals surface area (Å²) in [5, 5.41) is 164. The molecule has 0 aliphatic carbocycles. The van der Waals surface area contributed by atoms with Crippen LogP contribution in [0.2, 0.25) is 0 Å². The molecule has 0 saturated heterocycles. The molecule has 0 aliphatic heterocycles. The van der Waals surface area contributed by atoms with Crippen LogP contribution in [0, 0.1) is 153 Å². The van der Waals surface area contributed by atoms with Gasteiger partial charge in [-0.3, -0.25) is 39.9 Å². The molecule has 0 atom stereocenters. The van der Waals surface area contributed by atoms with Gasteiger partial charge in [-0.05, 0) is 93.0 Å². The van der Waals surface area contributed by atoms with Crippen molar-refractivity contribution in [3.63, 3.8) is 0 Å². The van der Waals surface area contributed by atoms with Gasteiger partial charge in [0.15, 0.2) is 0 Å². The monoisotopic (exact) mass is 2850 g/mol. The summed E-state index contributed by atoms with van der Waals surface area (Å²) < 4.78 is 40.0. The second-order valence-corrected chi connectivity index (χ2v) is 22.3. The van der Waals surface area contributed by atoms with Crippen LogP contribution in [0.5, 0.6) is 92.0 Å². The van der Waals surface area contributed by atoms with E-state index in [1.807, 2.05) is 0 Å². The third kappa shape index (κ3) is 98.3. The van der Waals surface area contributed by atoms with Gasteiger partial charge in [0.25, 0.3) is 0 Å². The number of ether oxygens (including phenoxy) is 8. The quantitative estimate of drug-likeness (QED) is 0.00734. The maximum Gasteiger partial charge on any atom is 3.00 e. The largest absolute Gasteiger partial charge is 3.00 e. The molecule has 8 aromatic carbocycles. The van der Waals surface area contributed by atoms with Gasteiger partial charge >= 0.3 is 330 Å². The van der Waals surface area contributed by atoms with E-state index in [1.165, 1.54) is 56.9 Å². The van der Waals surface area contributed by atoms with Gasteiger partial charge in [-0.2, -0.15) is 0 Å². The summed E-state index contributed by atoms with van der Waals surface area (Å²) in [6, 6.07) is 40.7. The number of nitrogens with zero attached hydrogens (tertiary/aromatic N) is 8. The Labute approximate surface area is 1140 Å². The minimum atomic E-state index is -0.165. The average Bonchev–Trinajstić information content (AvgIpc) is 0.919. The molecule has 0 heterocycles. The molecule has 20 N–H and O–H groups in total. The van der Waals surface area contributed by atoms with Crippen LogP contribution in [0.1, 0.15) is 44.5 Å². The van der Waals surface area contributed by atoms with Crippen molar-refractivity contribution < 1.29 is 549 Å². The van der Waals surface area contributed by atoms with Crippen LogP contribution >= 0.6 is 0 Å². The first-order valence-corrected chi connectivity index (χ1v) is 37.8. The van der Waals surface area contributed by atoms with Crippen molar-refractivity contribution in [3.05, 3.63) is 190 Å². The topological polar surface area (TPSA) is 693 Å². The summed E-state index contributed by atoms with van der Waals surface area (Å²) >= 11 is 0. The number of aliphatic hydroxyl groups excluding tert-OH is 8. The van der Waals surface area contributed by atoms with Crippen molar-refractivity contribution >= 4 is 49.7 Å². The Morgan fingerprint density at radius 2 is 0.277 bits per heavy atom. The summed E-state index contributed by atoms with van der Waals surface area (Å²) in [5.74, 6) is 1.17. The molecule has 0 aromatic heterocycles. The Morgan fingerprint density at radius 3 is 0.351 bits per heavy atom. The van der Waals surface area contributed by atoms with Gasteiger partial charge < -0.3 is 241 Å². The van der Waals surface area contributed by atoms with Gasteiger partial charge in [0.1, 0.15) is 46.0 Å². The standard InChI is InChI=1S/4C20H25N3O4.8CH4O.4ClH.4Dy.6FH.6Na.4H2O/c4*1-26-17-7-3-5-15(19(17)24)13-22-11-9-21-10-12-23-14-16-6-4-8-18(27-2)20(16)25;8*1-2;;;;;;;;;;;;;;;;;;;;;;;;/h4*3-8,13-14,21,24-25H,9-12H2,1-2H3;8*2H,1H3;4*1H;;;;;6*1H;;;;;;;4*1H2/q;;;;;;;;;;;;;;;;4*+3;;;;;;;6*+1;;;;/p-18. The second-order valence-electron chi connectivity index (χ2n) is 22.3. The summed E-state index contributed by atoms with van der Waals surface area (Å²) in [6.07, 6.45) is 12.5. The number of methoxy groups -OCH3 is 8. The molecule has 828 valence electrons. The van der Waals surface area contributed by atoms with Crippen molar-refractivity contribution in [1.82, 2.24) is 21.3 Å². The van der Waals surface area contributed by atoms with E-state index in [1.54, 1.807) is 195 Å². The Balaban J connectivity index is -0.0000000452. The summed E-state index contributed by atoms with van der Waals surface area (Å²) in [5.41, 5.74) is 4.04. The fourth-order valence-corrected chi connectivity index (χ4v) is 9.31. The maximum absolute atomic E-state index is 11.9. The first kappa shape index (κ1) is 221. The van der Waals surface area contributed by atoms with Gasteiger partial charge in [0.05, 0.1) is 109 Å². The smallest absolute Gasteiger partial charge is 1.00 e. The number of halogens is 10. The zero-order valence-electron chi connectivity index (χ0n) is 86.5. The zero-order chi connectivity index (χ0) is 93.9. The number of benzene rings is 8. The third-order valence-electron chi connectivity index (χ3n) is 15.0. The molecule has 8 rings (SSSR count). The number of rotatable bonds is 40. The molecule has 0 amide bonds. The molecule has 4 radical (unpaired) electrons. The fourth-order valence-electron chi connectivity index (χ4n) is 9.31. The second kappa shape index (κ2) is 159. The molecular weight excluding hydrogens is 2720 g/mol. The summed E-state index contributed by atoms with van der Waals surface area (Å²) in [6.45, 7) is 9.64. The van der Waals surface area contributed by atoms with E-state index in [2.05, 4.69) is 61.2 Å². The van der Waals surface area contributed by atoms with Crippen molar-refractivity contribution in [2.24, 2.45) is 39.9 Å². The third-order valence-corrected chi connectivity index (χ3v) is 15.0. The first-order valence-electron chi connectivity index (χ1n) is 37.8. The number of nitrogens with one attached hydrogen (secondary N) is 4. The van der Waals surface area contributed by atoms with Crippen molar-refractivity contribution in [2.45, 2.75) is 0 Å². The van der Waals surface area contributed by atoms with Gasteiger partial charge in [0, 0.05) is 159 Å². The van der Waals surface area contributed by atoms with E-state index in [4.69, 9.17) is 78.7 Å². The predicted octanol–water partition coefficient (Wildman–Crippen LogP) is -50.5. The van der Waals surface area contributed by atoms with E-state index in [0.29, 0.717) is 195 Å². The molecule has 60 heteroatoms. The molecule has 0 fully saturated rings. The molecule has 0 unspecified atom stereocenters. The number of aliphatic hydroxyl groups is 8. The zero-order valence-corrected chi connectivity index (χ0v) is 110.